The van der Waals surface area contributed by atoms with E-state index >= 15 is 0 Å². The molecule has 1 aliphatic rings. The molecule has 1 aromatic rings. The zero-order chi connectivity index (χ0) is 20.5. The first-order valence-electron chi connectivity index (χ1n) is 8.80. The molecule has 2 rings (SSSR count). The van der Waals surface area contributed by atoms with Crippen molar-refractivity contribution in [1.82, 2.24) is 5.32 Å². The van der Waals surface area contributed by atoms with Gasteiger partial charge in [-0.25, -0.2) is 0 Å². The van der Waals surface area contributed by atoms with E-state index in [4.69, 9.17) is 26.4 Å². The van der Waals surface area contributed by atoms with Crippen LogP contribution in [0.2, 0.25) is 0 Å². The molecule has 1 heterocycles. The smallest absolute Gasteiger partial charge is 0.305 e. The molecule has 8 heteroatoms. The number of ether oxygens (including phenoxy) is 3. The van der Waals surface area contributed by atoms with Gasteiger partial charge in [0.15, 0.2) is 11.5 Å². The number of rotatable bonds is 9. The quantitative estimate of drug-likeness (QED) is 0.369. The number of methoxy groups -OCH3 is 2. The third kappa shape index (κ3) is 6.10. The minimum Gasteiger partial charge on any atom is -0.493 e. The maximum Gasteiger partial charge on any atom is 0.305 e. The monoisotopic (exact) mass is 421 g/mol. The Balaban J connectivity index is 2.21. The van der Waals surface area contributed by atoms with Crippen molar-refractivity contribution in [3.05, 3.63) is 40.3 Å². The van der Waals surface area contributed by atoms with Gasteiger partial charge in [0.1, 0.15) is 4.32 Å². The second-order valence-electron chi connectivity index (χ2n) is 5.80. The number of hydrogen-bond acceptors (Lipinski definition) is 7. The lowest BCUT2D eigenvalue weighted by molar-refractivity contribution is -0.143. The van der Waals surface area contributed by atoms with E-state index in [9.17, 15) is 9.59 Å². The molecule has 0 aromatic heterocycles. The number of carbonyl (C=O) groups is 2. The average Bonchev–Trinajstić information content (AvgIpc) is 3.02. The summed E-state index contributed by atoms with van der Waals surface area (Å²) in [6, 6.07) is 5.56. The normalized spacial score (nSPS) is 15.5. The van der Waals surface area contributed by atoms with E-state index in [2.05, 4.69) is 5.32 Å². The van der Waals surface area contributed by atoms with E-state index in [0.29, 0.717) is 46.6 Å². The topological polar surface area (TPSA) is 73.9 Å². The van der Waals surface area contributed by atoms with Crippen molar-refractivity contribution in [3.8, 4) is 11.5 Å². The van der Waals surface area contributed by atoms with Crippen molar-refractivity contribution in [2.75, 3.05) is 20.8 Å². The molecule has 1 aromatic carbocycles. The van der Waals surface area contributed by atoms with Crippen molar-refractivity contribution in [1.29, 1.82) is 0 Å². The molecule has 0 saturated carbocycles. The minimum atomic E-state index is -0.241. The number of benzene rings is 1. The minimum absolute atomic E-state index is 0.210. The molecule has 0 spiro atoms. The van der Waals surface area contributed by atoms with E-state index in [-0.39, 0.29) is 11.9 Å². The van der Waals surface area contributed by atoms with Crippen LogP contribution in [-0.2, 0) is 14.3 Å². The van der Waals surface area contributed by atoms with Crippen molar-refractivity contribution in [2.45, 2.75) is 26.2 Å². The van der Waals surface area contributed by atoms with Gasteiger partial charge in [0.25, 0.3) is 5.91 Å². The molecule has 150 valence electrons. The highest BCUT2D eigenvalue weighted by Crippen LogP contribution is 2.31. The molecule has 1 amide bonds. The van der Waals surface area contributed by atoms with Gasteiger partial charge in [-0.1, -0.05) is 42.2 Å². The van der Waals surface area contributed by atoms with E-state index < -0.39 is 0 Å². The van der Waals surface area contributed by atoms with Crippen LogP contribution < -0.4 is 14.8 Å². The first kappa shape index (κ1) is 22.0. The summed E-state index contributed by atoms with van der Waals surface area (Å²) >= 11 is 6.33. The predicted octanol–water partition coefficient (Wildman–Crippen LogP) is 3.85. The highest BCUT2D eigenvalue weighted by atomic mass is 32.2. The highest BCUT2D eigenvalue weighted by Gasteiger charge is 2.25. The number of carbonyl (C=O) groups excluding carboxylic acids is 2. The van der Waals surface area contributed by atoms with Crippen LogP contribution in [-0.4, -0.2) is 37.0 Å². The van der Waals surface area contributed by atoms with Crippen LogP contribution in [0.1, 0.15) is 31.7 Å². The molecule has 0 bridgehead atoms. The van der Waals surface area contributed by atoms with Crippen molar-refractivity contribution in [3.63, 3.8) is 0 Å². The summed E-state index contributed by atoms with van der Waals surface area (Å²) in [7, 11) is 3.16. The lowest BCUT2D eigenvalue weighted by atomic mass is 10.1. The van der Waals surface area contributed by atoms with E-state index in [1.165, 1.54) is 11.8 Å². The average molecular weight is 422 g/mol. The summed E-state index contributed by atoms with van der Waals surface area (Å²) in [5.74, 6) is 0.812. The van der Waals surface area contributed by atoms with Gasteiger partial charge in [-0.15, -0.1) is 0 Å². The van der Waals surface area contributed by atoms with Gasteiger partial charge in [0.05, 0.1) is 25.7 Å². The van der Waals surface area contributed by atoms with Gasteiger partial charge < -0.3 is 19.5 Å². The maximum atomic E-state index is 12.2. The summed E-state index contributed by atoms with van der Waals surface area (Å²) in [5.41, 5.74) is 1.72. The van der Waals surface area contributed by atoms with Crippen molar-refractivity contribution < 1.29 is 23.8 Å². The summed E-state index contributed by atoms with van der Waals surface area (Å²) < 4.78 is 16.0. The molecule has 0 unspecified atom stereocenters. The van der Waals surface area contributed by atoms with Crippen molar-refractivity contribution >= 4 is 46.3 Å². The van der Waals surface area contributed by atoms with Crippen LogP contribution in [0.4, 0.5) is 0 Å². The number of hydrogen-bond donors (Lipinski definition) is 1. The Kier molecular flexibility index (Phi) is 8.53. The number of esters is 1. The zero-order valence-electron chi connectivity index (χ0n) is 16.1. The van der Waals surface area contributed by atoms with Crippen LogP contribution in [0.15, 0.2) is 34.8 Å². The molecule has 1 aliphatic heterocycles. The summed E-state index contributed by atoms with van der Waals surface area (Å²) in [4.78, 5) is 24.3. The Bertz CT molecular complexity index is 817. The van der Waals surface area contributed by atoms with Gasteiger partial charge >= 0.3 is 5.97 Å². The fourth-order valence-corrected chi connectivity index (χ4v) is 3.72. The molecule has 6 nitrogen and oxygen atoms in total. The van der Waals surface area contributed by atoms with Crippen molar-refractivity contribution in [2.24, 2.45) is 0 Å². The fourth-order valence-electron chi connectivity index (χ4n) is 2.61. The SMILES string of the molecule is CCOC(=O)CCCC(/C=C/c1ccc(OC)c(OC)c1)=C1/SC(=S)NC1=O. The summed E-state index contributed by atoms with van der Waals surface area (Å²) in [5, 5.41) is 2.63. The van der Waals surface area contributed by atoms with Gasteiger partial charge in [-0.05, 0) is 43.0 Å². The third-order valence-electron chi connectivity index (χ3n) is 3.93. The van der Waals surface area contributed by atoms with Crippen LogP contribution in [0, 0.1) is 0 Å². The standard InChI is InChI=1S/C20H23NO5S2/c1-4-26-17(22)7-5-6-14(18-19(23)21-20(27)28-18)10-8-13-9-11-15(24-2)16(12-13)25-3/h8-12H,4-7H2,1-3H3,(H,21,23,27)/b10-8+,18-14-. The Labute approximate surface area is 174 Å². The van der Waals surface area contributed by atoms with Gasteiger partial charge in [-0.3, -0.25) is 9.59 Å². The summed E-state index contributed by atoms with van der Waals surface area (Å²) in [6.45, 7) is 2.14. The fraction of sp³-hybridized carbons (Fsp3) is 0.350. The molecule has 1 fully saturated rings. The molecule has 0 radical (unpaired) electrons. The Morgan fingerprint density at radius 1 is 1.21 bits per heavy atom. The summed E-state index contributed by atoms with van der Waals surface area (Å²) in [6.07, 6.45) is 5.20. The number of nitrogens with one attached hydrogen (secondary N) is 1. The number of thioether (sulfide) groups is 1. The molecular weight excluding hydrogens is 398 g/mol. The second-order valence-corrected chi connectivity index (χ2v) is 7.49. The Morgan fingerprint density at radius 3 is 2.57 bits per heavy atom. The van der Waals surface area contributed by atoms with Gasteiger partial charge in [0.2, 0.25) is 0 Å². The van der Waals surface area contributed by atoms with Gasteiger partial charge in [-0.2, -0.15) is 0 Å². The zero-order valence-corrected chi connectivity index (χ0v) is 17.7. The van der Waals surface area contributed by atoms with Crippen LogP contribution in [0.3, 0.4) is 0 Å². The lowest BCUT2D eigenvalue weighted by Gasteiger charge is -2.08. The number of amides is 1. The highest BCUT2D eigenvalue weighted by molar-refractivity contribution is 8.26. The predicted molar refractivity (Wildman–Crippen MR) is 114 cm³/mol. The first-order valence-corrected chi connectivity index (χ1v) is 10.0. The van der Waals surface area contributed by atoms with Gasteiger partial charge in [0, 0.05) is 6.42 Å². The Morgan fingerprint density at radius 2 is 1.96 bits per heavy atom. The molecule has 1 N–H and O–H groups in total. The van der Waals surface area contributed by atoms with Crippen LogP contribution in [0.25, 0.3) is 6.08 Å². The number of allylic oxidation sites excluding steroid dienone is 2. The van der Waals surface area contributed by atoms with E-state index in [0.717, 1.165) is 11.1 Å². The number of thiocarbonyl (C=S) groups is 1. The molecule has 0 atom stereocenters. The lowest BCUT2D eigenvalue weighted by Crippen LogP contribution is -2.18. The molecule has 0 aliphatic carbocycles. The molecule has 28 heavy (non-hydrogen) atoms. The third-order valence-corrected chi connectivity index (χ3v) is 5.22. The first-order chi connectivity index (χ1) is 13.5. The van der Waals surface area contributed by atoms with E-state index in [1.54, 1.807) is 21.1 Å². The second kappa shape index (κ2) is 10.9. The Hall–Kier alpha value is -2.32. The maximum absolute atomic E-state index is 12.2. The van der Waals surface area contributed by atoms with Crippen LogP contribution in [0.5, 0.6) is 11.5 Å². The van der Waals surface area contributed by atoms with Crippen LogP contribution >= 0.6 is 24.0 Å². The largest absolute Gasteiger partial charge is 0.493 e. The van der Waals surface area contributed by atoms with E-state index in [1.807, 2.05) is 30.4 Å². The molecular formula is C20H23NO5S2. The molecule has 1 saturated heterocycles.